The minimum absolute atomic E-state index is 0.156. The SMILES string of the molecule is CCCCC(=S)SC(Cn1ccnc1)c1ccc(Cl)cc1Cl.O=[N+]([O-])O. The fourth-order valence-electron chi connectivity index (χ4n) is 2.09. The maximum absolute atomic E-state index is 8.36. The number of nitrogens with zero attached hydrogens (tertiary/aromatic N) is 3. The van der Waals surface area contributed by atoms with Gasteiger partial charge >= 0.3 is 0 Å². The predicted molar refractivity (Wildman–Crippen MR) is 110 cm³/mol. The van der Waals surface area contributed by atoms with E-state index in [1.54, 1.807) is 24.0 Å². The van der Waals surface area contributed by atoms with Crippen molar-refractivity contribution in [2.45, 2.75) is 38.0 Å². The van der Waals surface area contributed by atoms with Crippen LogP contribution in [0.15, 0.2) is 36.9 Å². The molecule has 0 saturated heterocycles. The quantitative estimate of drug-likeness (QED) is 0.334. The summed E-state index contributed by atoms with van der Waals surface area (Å²) in [6.45, 7) is 2.95. The van der Waals surface area contributed by atoms with E-state index >= 15 is 0 Å². The highest BCUT2D eigenvalue weighted by molar-refractivity contribution is 8.23. The number of hydrogen-bond acceptors (Lipinski definition) is 5. The van der Waals surface area contributed by atoms with Crippen molar-refractivity contribution in [2.75, 3.05) is 0 Å². The summed E-state index contributed by atoms with van der Waals surface area (Å²) < 4.78 is 3.07. The Hall–Kier alpha value is -1.35. The van der Waals surface area contributed by atoms with Gasteiger partial charge in [0.15, 0.2) is 0 Å². The molecule has 2 rings (SSSR count). The van der Waals surface area contributed by atoms with Crippen LogP contribution in [0.2, 0.25) is 10.0 Å². The maximum atomic E-state index is 8.36. The van der Waals surface area contributed by atoms with Crippen LogP contribution in [0.25, 0.3) is 0 Å². The lowest BCUT2D eigenvalue weighted by atomic mass is 10.1. The Morgan fingerprint density at radius 2 is 2.19 bits per heavy atom. The molecule has 0 saturated carbocycles. The summed E-state index contributed by atoms with van der Waals surface area (Å²) in [6.07, 6.45) is 8.77. The normalized spacial score (nSPS) is 11.3. The molecular weight excluding hydrogens is 417 g/mol. The van der Waals surface area contributed by atoms with E-state index in [4.69, 9.17) is 50.7 Å². The van der Waals surface area contributed by atoms with Crippen LogP contribution in [-0.4, -0.2) is 24.0 Å². The first-order valence-corrected chi connectivity index (χ1v) is 9.81. The highest BCUT2D eigenvalue weighted by Crippen LogP contribution is 2.37. The van der Waals surface area contributed by atoms with Gasteiger partial charge in [0.1, 0.15) is 0 Å². The van der Waals surface area contributed by atoms with Gasteiger partial charge in [0, 0.05) is 33.2 Å². The van der Waals surface area contributed by atoms with Crippen molar-refractivity contribution in [1.82, 2.24) is 9.55 Å². The molecule has 1 aromatic carbocycles. The summed E-state index contributed by atoms with van der Waals surface area (Å²) in [6, 6.07) is 5.65. The molecule has 0 fully saturated rings. The van der Waals surface area contributed by atoms with E-state index in [0.717, 1.165) is 35.6 Å². The van der Waals surface area contributed by atoms with Crippen LogP contribution >= 0.6 is 47.2 Å². The second-order valence-corrected chi connectivity index (χ2v) is 8.14. The molecule has 6 nitrogen and oxygen atoms in total. The Morgan fingerprint density at radius 3 is 2.73 bits per heavy atom. The molecule has 10 heteroatoms. The average molecular weight is 436 g/mol. The molecule has 0 spiro atoms. The molecular formula is C16H19Cl2N3O3S2. The molecule has 1 N–H and O–H groups in total. The lowest BCUT2D eigenvalue weighted by Crippen LogP contribution is -2.08. The molecule has 0 aliphatic carbocycles. The van der Waals surface area contributed by atoms with Crippen molar-refractivity contribution in [3.63, 3.8) is 0 Å². The largest absolute Gasteiger partial charge is 0.336 e. The summed E-state index contributed by atoms with van der Waals surface area (Å²) >= 11 is 19.6. The van der Waals surface area contributed by atoms with Gasteiger partial charge in [0.05, 0.1) is 11.6 Å². The van der Waals surface area contributed by atoms with Crippen molar-refractivity contribution < 1.29 is 10.3 Å². The predicted octanol–water partition coefficient (Wildman–Crippen LogP) is 5.83. The number of imidazole rings is 1. The molecule has 26 heavy (non-hydrogen) atoms. The number of rotatable bonds is 7. The van der Waals surface area contributed by atoms with E-state index in [1.165, 1.54) is 0 Å². The van der Waals surface area contributed by atoms with Gasteiger partial charge in [-0.25, -0.2) is 4.98 Å². The van der Waals surface area contributed by atoms with Crippen molar-refractivity contribution in [3.05, 3.63) is 62.6 Å². The third-order valence-electron chi connectivity index (χ3n) is 3.25. The standard InChI is InChI=1S/C16H18Cl2N2S2.HNO3/c1-2-3-4-16(21)22-15(10-20-8-7-19-11-20)13-6-5-12(17)9-14(13)18;2-1(3)4/h5-9,11,15H,2-4,10H2,1H3;(H,2,3,4). The zero-order valence-electron chi connectivity index (χ0n) is 14.0. The van der Waals surface area contributed by atoms with Gasteiger partial charge in [-0.2, -0.15) is 0 Å². The summed E-state index contributed by atoms with van der Waals surface area (Å²) in [7, 11) is 0. The second-order valence-electron chi connectivity index (χ2n) is 5.25. The van der Waals surface area contributed by atoms with Crippen LogP contribution in [0.1, 0.15) is 37.0 Å². The van der Waals surface area contributed by atoms with E-state index in [1.807, 2.05) is 29.2 Å². The Kier molecular flexibility index (Phi) is 10.6. The monoisotopic (exact) mass is 435 g/mol. The summed E-state index contributed by atoms with van der Waals surface area (Å²) in [5, 5.41) is 15.1. The lowest BCUT2D eigenvalue weighted by molar-refractivity contribution is -0.742. The summed E-state index contributed by atoms with van der Waals surface area (Å²) in [5.74, 6) is 0. The number of unbranched alkanes of at least 4 members (excludes halogenated alkanes) is 1. The van der Waals surface area contributed by atoms with Gasteiger partial charge in [-0.05, 0) is 30.5 Å². The summed E-state index contributed by atoms with van der Waals surface area (Å²) in [4.78, 5) is 12.5. The van der Waals surface area contributed by atoms with Crippen molar-refractivity contribution in [1.29, 1.82) is 0 Å². The van der Waals surface area contributed by atoms with Gasteiger partial charge in [-0.3, -0.25) is 0 Å². The number of thiocarbonyl (C=S) groups is 1. The fourth-order valence-corrected chi connectivity index (χ4v) is 4.34. The molecule has 0 bridgehead atoms. The first-order valence-electron chi connectivity index (χ1n) is 7.77. The van der Waals surface area contributed by atoms with Gasteiger partial charge in [-0.15, -0.1) is 21.9 Å². The fraction of sp³-hybridized carbons (Fsp3) is 0.375. The van der Waals surface area contributed by atoms with Crippen molar-refractivity contribution in [2.24, 2.45) is 0 Å². The van der Waals surface area contributed by atoms with E-state index in [-0.39, 0.29) is 5.25 Å². The molecule has 0 aliphatic rings. The molecule has 142 valence electrons. The average Bonchev–Trinajstić information content (AvgIpc) is 3.05. The topological polar surface area (TPSA) is 81.2 Å². The van der Waals surface area contributed by atoms with Crippen molar-refractivity contribution in [3.8, 4) is 0 Å². The van der Waals surface area contributed by atoms with Gasteiger partial charge in [-0.1, -0.05) is 54.8 Å². The van der Waals surface area contributed by atoms with Crippen molar-refractivity contribution >= 4 is 51.4 Å². The molecule has 1 aromatic heterocycles. The Bertz CT molecular complexity index is 711. The third-order valence-corrected chi connectivity index (χ3v) is 5.46. The highest BCUT2D eigenvalue weighted by Gasteiger charge is 2.18. The first kappa shape index (κ1) is 22.7. The van der Waals surface area contributed by atoms with Crippen LogP contribution in [0.3, 0.4) is 0 Å². The number of hydrogen-bond donors (Lipinski definition) is 1. The number of thioether (sulfide) groups is 1. The Morgan fingerprint density at radius 1 is 1.50 bits per heavy atom. The molecule has 1 heterocycles. The molecule has 1 atom stereocenters. The van der Waals surface area contributed by atoms with E-state index in [9.17, 15) is 0 Å². The molecule has 0 amide bonds. The smallest absolute Gasteiger partial charge is 0.291 e. The van der Waals surface area contributed by atoms with Crippen LogP contribution in [0.4, 0.5) is 0 Å². The zero-order chi connectivity index (χ0) is 19.5. The number of aromatic nitrogens is 2. The lowest BCUT2D eigenvalue weighted by Gasteiger charge is -2.19. The minimum atomic E-state index is -1.50. The summed E-state index contributed by atoms with van der Waals surface area (Å²) in [5.41, 5.74) is 1.06. The van der Waals surface area contributed by atoms with Crippen LogP contribution in [0, 0.1) is 10.1 Å². The van der Waals surface area contributed by atoms with Crippen LogP contribution < -0.4 is 0 Å². The van der Waals surface area contributed by atoms with Gasteiger partial charge in [0.25, 0.3) is 5.09 Å². The third kappa shape index (κ3) is 8.84. The van der Waals surface area contributed by atoms with E-state index in [0.29, 0.717) is 10.0 Å². The molecule has 2 aromatic rings. The van der Waals surface area contributed by atoms with E-state index in [2.05, 4.69) is 11.9 Å². The number of halogens is 2. The van der Waals surface area contributed by atoms with E-state index < -0.39 is 5.09 Å². The number of benzene rings is 1. The highest BCUT2D eigenvalue weighted by atomic mass is 35.5. The van der Waals surface area contributed by atoms with Crippen LogP contribution in [-0.2, 0) is 6.54 Å². The zero-order valence-corrected chi connectivity index (χ0v) is 17.2. The van der Waals surface area contributed by atoms with Crippen LogP contribution in [0.5, 0.6) is 0 Å². The molecule has 1 unspecified atom stereocenters. The maximum Gasteiger partial charge on any atom is 0.291 e. The minimum Gasteiger partial charge on any atom is -0.336 e. The Balaban J connectivity index is 0.000000765. The van der Waals surface area contributed by atoms with Gasteiger partial charge in [0.2, 0.25) is 0 Å². The molecule has 0 radical (unpaired) electrons. The van der Waals surface area contributed by atoms with Gasteiger partial charge < -0.3 is 9.77 Å². The Labute approximate surface area is 171 Å². The molecule has 0 aliphatic heterocycles. The second kappa shape index (κ2) is 12.1. The first-order chi connectivity index (χ1) is 12.3.